The Labute approximate surface area is 70.2 Å². The van der Waals surface area contributed by atoms with Gasteiger partial charge in [-0.3, -0.25) is 0 Å². The van der Waals surface area contributed by atoms with Crippen LogP contribution in [0.3, 0.4) is 0 Å². The van der Waals surface area contributed by atoms with Crippen LogP contribution in [0.15, 0.2) is 0 Å². The van der Waals surface area contributed by atoms with E-state index in [1.54, 1.807) is 6.92 Å². The van der Waals surface area contributed by atoms with E-state index in [4.69, 9.17) is 21.1 Å². The van der Waals surface area contributed by atoms with Crippen LogP contribution < -0.4 is 5.73 Å². The van der Waals surface area contributed by atoms with Gasteiger partial charge in [-0.25, -0.2) is 9.69 Å². The molecule has 0 amide bonds. The summed E-state index contributed by atoms with van der Waals surface area (Å²) in [4.78, 5) is 11.3. The molecule has 12 heavy (non-hydrogen) atoms. The molecular weight excluding hydrogens is 164 g/mol. The van der Waals surface area contributed by atoms with Crippen molar-refractivity contribution in [2.75, 3.05) is 19.6 Å². The first-order chi connectivity index (χ1) is 5.46. The van der Waals surface area contributed by atoms with Crippen LogP contribution in [-0.2, 0) is 4.79 Å². The molecule has 0 aliphatic rings. The van der Waals surface area contributed by atoms with E-state index in [1.807, 2.05) is 0 Å². The number of likely N-dealkylation sites (N-methyl/N-ethyl adjacent to an activating group) is 1. The van der Waals surface area contributed by atoms with Crippen LogP contribution in [0.1, 0.15) is 6.92 Å². The second-order valence-electron chi connectivity index (χ2n) is 2.31. The van der Waals surface area contributed by atoms with Crippen molar-refractivity contribution in [3.8, 4) is 0 Å². The Morgan fingerprint density at radius 3 is 2.33 bits per heavy atom. The van der Waals surface area contributed by atoms with E-state index in [2.05, 4.69) is 0 Å². The highest BCUT2D eigenvalue weighted by atomic mass is 16.6. The third-order valence-electron chi connectivity index (χ3n) is 1.51. The van der Waals surface area contributed by atoms with Gasteiger partial charge in [-0.2, -0.15) is 0 Å². The predicted molar refractivity (Wildman–Crippen MR) is 41.1 cm³/mol. The molecule has 0 aliphatic heterocycles. The molecule has 0 aromatic carbocycles. The van der Waals surface area contributed by atoms with Gasteiger partial charge >= 0.3 is 11.9 Å². The number of aliphatic hydroxyl groups is 2. The van der Waals surface area contributed by atoms with Crippen molar-refractivity contribution in [2.45, 2.75) is 12.8 Å². The van der Waals surface area contributed by atoms with Gasteiger partial charge in [-0.15, -0.1) is 0 Å². The first-order valence-electron chi connectivity index (χ1n) is 3.60. The summed E-state index contributed by atoms with van der Waals surface area (Å²) >= 11 is 0. The van der Waals surface area contributed by atoms with Gasteiger partial charge in [-0.05, 0) is 0 Å². The molecule has 0 heterocycles. The first-order valence-corrected chi connectivity index (χ1v) is 3.60. The summed E-state index contributed by atoms with van der Waals surface area (Å²) in [5, 5.41) is 26.4. The van der Waals surface area contributed by atoms with Crippen molar-refractivity contribution >= 4 is 5.97 Å². The van der Waals surface area contributed by atoms with Gasteiger partial charge in [0.15, 0.2) is 0 Å². The summed E-state index contributed by atoms with van der Waals surface area (Å²) in [5.41, 5.74) is 5.14. The van der Waals surface area contributed by atoms with Gasteiger partial charge in [0.25, 0.3) is 0 Å². The molecule has 72 valence electrons. The Hall–Kier alpha value is -0.690. The highest BCUT2D eigenvalue weighted by Crippen LogP contribution is 2.06. The molecule has 6 heteroatoms. The van der Waals surface area contributed by atoms with Gasteiger partial charge in [-0.1, -0.05) is 6.92 Å². The predicted octanol–water partition coefficient (Wildman–Crippen LogP) is -2.01. The first kappa shape index (κ1) is 11.3. The van der Waals surface area contributed by atoms with Crippen LogP contribution >= 0.6 is 0 Å². The molecule has 0 aliphatic carbocycles. The lowest BCUT2D eigenvalue weighted by molar-refractivity contribution is -0.262. The number of hydrogen-bond donors (Lipinski definition) is 4. The molecule has 0 fully saturated rings. The number of nitrogens with two attached hydrogens (primary N) is 1. The van der Waals surface area contributed by atoms with Crippen molar-refractivity contribution in [1.29, 1.82) is 0 Å². The lowest BCUT2D eigenvalue weighted by Gasteiger charge is -2.29. The van der Waals surface area contributed by atoms with Gasteiger partial charge in [0.2, 0.25) is 0 Å². The number of aliphatic carboxylic acids is 1. The zero-order chi connectivity index (χ0) is 9.78. The third kappa shape index (κ3) is 2.42. The molecule has 0 aromatic heterocycles. The number of carbonyl (C=O) groups is 1. The number of rotatable bonds is 5. The third-order valence-corrected chi connectivity index (χ3v) is 1.51. The Bertz CT molecular complexity index is 160. The van der Waals surface area contributed by atoms with E-state index in [9.17, 15) is 4.79 Å². The van der Waals surface area contributed by atoms with Crippen LogP contribution in [0.2, 0.25) is 0 Å². The molecule has 0 saturated carbocycles. The smallest absolute Gasteiger partial charge is 0.381 e. The molecule has 6 nitrogen and oxygen atoms in total. The lowest BCUT2D eigenvalue weighted by atomic mass is 10.3. The van der Waals surface area contributed by atoms with Crippen molar-refractivity contribution in [3.05, 3.63) is 0 Å². The highest BCUT2D eigenvalue weighted by Gasteiger charge is 2.39. The minimum Gasteiger partial charge on any atom is -0.476 e. The molecule has 0 bridgehead atoms. The van der Waals surface area contributed by atoms with Crippen molar-refractivity contribution in [2.24, 2.45) is 5.73 Å². The Balaban J connectivity index is 4.36. The minimum atomic E-state index is -2.81. The van der Waals surface area contributed by atoms with Crippen LogP contribution in [0.4, 0.5) is 0 Å². The van der Waals surface area contributed by atoms with Gasteiger partial charge in [0, 0.05) is 19.6 Å². The second-order valence-corrected chi connectivity index (χ2v) is 2.31. The van der Waals surface area contributed by atoms with E-state index in [0.29, 0.717) is 0 Å². The summed E-state index contributed by atoms with van der Waals surface area (Å²) in [6.45, 7) is 2.11. The molecule has 0 radical (unpaired) electrons. The molecule has 5 N–H and O–H groups in total. The maximum Gasteiger partial charge on any atom is 0.381 e. The fraction of sp³-hybridized carbons (Fsp3) is 0.833. The molecule has 0 atom stereocenters. The average Bonchev–Trinajstić information content (AvgIpc) is 1.99. The molecule has 0 rings (SSSR count). The number of carboxylic acids is 1. The summed E-state index contributed by atoms with van der Waals surface area (Å²) < 4.78 is 0. The lowest BCUT2D eigenvalue weighted by Crippen LogP contribution is -2.56. The molecule has 0 aromatic rings. The molecular formula is C6H14N2O4. The van der Waals surface area contributed by atoms with Crippen LogP contribution in [0.25, 0.3) is 0 Å². The van der Waals surface area contributed by atoms with Crippen molar-refractivity contribution in [3.63, 3.8) is 0 Å². The second kappa shape index (κ2) is 4.36. The van der Waals surface area contributed by atoms with Gasteiger partial charge < -0.3 is 21.1 Å². The fourth-order valence-corrected chi connectivity index (χ4v) is 0.826. The quantitative estimate of drug-likeness (QED) is 0.362. The van der Waals surface area contributed by atoms with Crippen LogP contribution in [-0.4, -0.2) is 51.7 Å². The Kier molecular flexibility index (Phi) is 4.11. The summed E-state index contributed by atoms with van der Waals surface area (Å²) in [5.74, 6) is -4.51. The van der Waals surface area contributed by atoms with E-state index < -0.39 is 11.9 Å². The SMILES string of the molecule is CCN(CCN)C(O)(O)C(=O)O. The monoisotopic (exact) mass is 178 g/mol. The summed E-state index contributed by atoms with van der Waals surface area (Å²) in [6.07, 6.45) is 0. The zero-order valence-electron chi connectivity index (χ0n) is 6.90. The number of carboxylic acid groups (broad SMARTS) is 1. The van der Waals surface area contributed by atoms with Crippen LogP contribution in [0.5, 0.6) is 0 Å². The summed E-state index contributed by atoms with van der Waals surface area (Å²) in [7, 11) is 0. The van der Waals surface area contributed by atoms with Crippen molar-refractivity contribution in [1.82, 2.24) is 4.90 Å². The van der Waals surface area contributed by atoms with Crippen LogP contribution in [0, 0.1) is 0 Å². The Morgan fingerprint density at radius 1 is 1.58 bits per heavy atom. The maximum absolute atomic E-state index is 10.3. The van der Waals surface area contributed by atoms with Crippen molar-refractivity contribution < 1.29 is 20.1 Å². The molecule has 0 spiro atoms. The topological polar surface area (TPSA) is 107 Å². The molecule has 0 saturated heterocycles. The van der Waals surface area contributed by atoms with E-state index >= 15 is 0 Å². The zero-order valence-corrected chi connectivity index (χ0v) is 6.90. The van der Waals surface area contributed by atoms with E-state index in [0.717, 1.165) is 4.90 Å². The van der Waals surface area contributed by atoms with E-state index in [-0.39, 0.29) is 19.6 Å². The van der Waals surface area contributed by atoms with Gasteiger partial charge in [0.05, 0.1) is 0 Å². The fourth-order valence-electron chi connectivity index (χ4n) is 0.826. The largest absolute Gasteiger partial charge is 0.476 e. The minimum absolute atomic E-state index is 0.121. The number of hydrogen-bond acceptors (Lipinski definition) is 5. The standard InChI is InChI=1S/C6H14N2O4/c1-2-8(4-3-7)6(11,12)5(9)10/h11-12H,2-4,7H2,1H3,(H,9,10). The normalized spacial score (nSPS) is 12.1. The number of nitrogens with zero attached hydrogens (tertiary/aromatic N) is 1. The summed E-state index contributed by atoms with van der Waals surface area (Å²) in [6, 6.07) is 0. The maximum atomic E-state index is 10.3. The van der Waals surface area contributed by atoms with E-state index in [1.165, 1.54) is 0 Å². The average molecular weight is 178 g/mol. The highest BCUT2D eigenvalue weighted by molar-refractivity contribution is 5.74. The van der Waals surface area contributed by atoms with Gasteiger partial charge in [0.1, 0.15) is 0 Å². The Morgan fingerprint density at radius 2 is 2.08 bits per heavy atom. The molecule has 0 unspecified atom stereocenters.